The molecule has 0 aliphatic rings. The number of esters is 1. The maximum atomic E-state index is 12.3. The average Bonchev–Trinajstić information content (AvgIpc) is 2.43. The van der Waals surface area contributed by atoms with E-state index in [0.717, 1.165) is 0 Å². The SMILES string of the molecule is COC(=O)c1cc(N)ccc1S(=O)(=O)NC(C)CCCO. The molecular formula is C13H20N2O5S. The van der Waals surface area contributed by atoms with Crippen LogP contribution >= 0.6 is 0 Å². The number of ether oxygens (including phenoxy) is 1. The van der Waals surface area contributed by atoms with Crippen molar-refractivity contribution in [3.8, 4) is 0 Å². The van der Waals surface area contributed by atoms with Gasteiger partial charge >= 0.3 is 5.97 Å². The first-order chi connectivity index (χ1) is 9.81. The Labute approximate surface area is 124 Å². The molecule has 8 heteroatoms. The Balaban J connectivity index is 3.10. The summed E-state index contributed by atoms with van der Waals surface area (Å²) in [5.41, 5.74) is 5.73. The van der Waals surface area contributed by atoms with Crippen molar-refractivity contribution in [1.29, 1.82) is 0 Å². The molecule has 21 heavy (non-hydrogen) atoms. The zero-order valence-electron chi connectivity index (χ0n) is 12.0. The number of benzene rings is 1. The van der Waals surface area contributed by atoms with Crippen LogP contribution < -0.4 is 10.5 Å². The lowest BCUT2D eigenvalue weighted by Crippen LogP contribution is -2.33. The lowest BCUT2D eigenvalue weighted by molar-refractivity contribution is 0.0596. The van der Waals surface area contributed by atoms with Crippen molar-refractivity contribution >= 4 is 21.7 Å². The first-order valence-corrected chi connectivity index (χ1v) is 7.91. The van der Waals surface area contributed by atoms with Gasteiger partial charge in [-0.25, -0.2) is 17.9 Å². The van der Waals surface area contributed by atoms with Crippen LogP contribution in [0.4, 0.5) is 5.69 Å². The van der Waals surface area contributed by atoms with Gasteiger partial charge in [0.1, 0.15) is 0 Å². The molecule has 7 nitrogen and oxygen atoms in total. The van der Waals surface area contributed by atoms with Gasteiger partial charge < -0.3 is 15.6 Å². The number of aliphatic hydroxyl groups excluding tert-OH is 1. The minimum atomic E-state index is -3.88. The first-order valence-electron chi connectivity index (χ1n) is 6.43. The fourth-order valence-corrected chi connectivity index (χ4v) is 3.29. The van der Waals surface area contributed by atoms with E-state index in [1.165, 1.54) is 25.3 Å². The minimum Gasteiger partial charge on any atom is -0.465 e. The highest BCUT2D eigenvalue weighted by atomic mass is 32.2. The first kappa shape index (κ1) is 17.4. The second kappa shape index (κ2) is 7.39. The highest BCUT2D eigenvalue weighted by Gasteiger charge is 2.24. The number of sulfonamides is 1. The molecule has 0 saturated heterocycles. The molecule has 0 aromatic heterocycles. The van der Waals surface area contributed by atoms with Gasteiger partial charge in [0.05, 0.1) is 17.6 Å². The summed E-state index contributed by atoms with van der Waals surface area (Å²) in [4.78, 5) is 11.5. The Hall–Kier alpha value is -1.64. The number of nitrogen functional groups attached to an aromatic ring is 1. The van der Waals surface area contributed by atoms with E-state index < -0.39 is 16.0 Å². The number of anilines is 1. The van der Waals surface area contributed by atoms with E-state index in [9.17, 15) is 13.2 Å². The number of methoxy groups -OCH3 is 1. The second-order valence-corrected chi connectivity index (χ2v) is 6.32. The number of hydrogen-bond acceptors (Lipinski definition) is 6. The Kier molecular flexibility index (Phi) is 6.13. The predicted molar refractivity (Wildman–Crippen MR) is 78.3 cm³/mol. The average molecular weight is 316 g/mol. The number of nitrogens with two attached hydrogens (primary N) is 1. The minimum absolute atomic E-state index is 0.0126. The van der Waals surface area contributed by atoms with Crippen molar-refractivity contribution in [2.45, 2.75) is 30.7 Å². The molecule has 0 aliphatic carbocycles. The largest absolute Gasteiger partial charge is 0.465 e. The molecule has 1 aromatic carbocycles. The highest BCUT2D eigenvalue weighted by molar-refractivity contribution is 7.89. The van der Waals surface area contributed by atoms with Crippen LogP contribution in [0.3, 0.4) is 0 Å². The summed E-state index contributed by atoms with van der Waals surface area (Å²) in [6.07, 6.45) is 0.966. The van der Waals surface area contributed by atoms with E-state index in [1.54, 1.807) is 6.92 Å². The molecule has 1 rings (SSSR count). The summed E-state index contributed by atoms with van der Waals surface area (Å²) in [5.74, 6) is -0.773. The maximum Gasteiger partial charge on any atom is 0.339 e. The molecule has 0 bridgehead atoms. The highest BCUT2D eigenvalue weighted by Crippen LogP contribution is 2.20. The molecule has 118 valence electrons. The molecule has 1 unspecified atom stereocenters. The molecule has 4 N–H and O–H groups in total. The monoisotopic (exact) mass is 316 g/mol. The van der Waals surface area contributed by atoms with Gasteiger partial charge in [0.15, 0.2) is 0 Å². The van der Waals surface area contributed by atoms with Crippen molar-refractivity contribution in [2.24, 2.45) is 0 Å². The summed E-state index contributed by atoms with van der Waals surface area (Å²) in [7, 11) is -2.71. The second-order valence-electron chi connectivity index (χ2n) is 4.64. The third-order valence-corrected chi connectivity index (χ3v) is 4.50. The van der Waals surface area contributed by atoms with Gasteiger partial charge in [-0.1, -0.05) is 0 Å². The van der Waals surface area contributed by atoms with Gasteiger partial charge in [-0.05, 0) is 38.0 Å². The summed E-state index contributed by atoms with van der Waals surface area (Å²) in [6.45, 7) is 1.67. The standard InChI is InChI=1S/C13H20N2O5S/c1-9(4-3-7-16)15-21(18,19)12-6-5-10(14)8-11(12)13(17)20-2/h5-6,8-9,15-16H,3-4,7,14H2,1-2H3. The Morgan fingerprint density at radius 2 is 2.14 bits per heavy atom. The van der Waals surface area contributed by atoms with E-state index in [0.29, 0.717) is 12.8 Å². The van der Waals surface area contributed by atoms with Gasteiger partial charge in [0, 0.05) is 18.3 Å². The summed E-state index contributed by atoms with van der Waals surface area (Å²) in [6, 6.07) is 3.56. The fraction of sp³-hybridized carbons (Fsp3) is 0.462. The Morgan fingerprint density at radius 1 is 1.48 bits per heavy atom. The van der Waals surface area contributed by atoms with Crippen LogP contribution in [0.2, 0.25) is 0 Å². The van der Waals surface area contributed by atoms with Crippen LogP contribution in [-0.4, -0.2) is 39.3 Å². The van der Waals surface area contributed by atoms with E-state index in [4.69, 9.17) is 10.8 Å². The molecule has 0 aliphatic heterocycles. The number of carbonyl (C=O) groups is 1. The van der Waals surface area contributed by atoms with Gasteiger partial charge in [-0.2, -0.15) is 0 Å². The molecule has 0 fully saturated rings. The number of hydrogen-bond donors (Lipinski definition) is 3. The molecule has 0 radical (unpaired) electrons. The zero-order valence-corrected chi connectivity index (χ0v) is 12.8. The quantitative estimate of drug-likeness (QED) is 0.498. The van der Waals surface area contributed by atoms with Crippen LogP contribution in [0.5, 0.6) is 0 Å². The fourth-order valence-electron chi connectivity index (χ4n) is 1.84. The predicted octanol–water partition coefficient (Wildman–Crippen LogP) is 0.495. The normalized spacial score (nSPS) is 12.9. The van der Waals surface area contributed by atoms with Crippen LogP contribution in [0.15, 0.2) is 23.1 Å². The lowest BCUT2D eigenvalue weighted by Gasteiger charge is -2.15. The number of carbonyl (C=O) groups excluding carboxylic acids is 1. The third kappa shape index (κ3) is 4.69. The molecule has 0 amide bonds. The van der Waals surface area contributed by atoms with Gasteiger partial charge in [-0.3, -0.25) is 0 Å². The van der Waals surface area contributed by atoms with Crippen molar-refractivity contribution in [3.63, 3.8) is 0 Å². The van der Waals surface area contributed by atoms with Crippen LogP contribution in [0.25, 0.3) is 0 Å². The summed E-state index contributed by atoms with van der Waals surface area (Å²) < 4.78 is 31.7. The zero-order chi connectivity index (χ0) is 16.0. The van der Waals surface area contributed by atoms with Gasteiger partial charge in [0.25, 0.3) is 0 Å². The molecule has 1 aromatic rings. The van der Waals surface area contributed by atoms with Gasteiger partial charge in [0.2, 0.25) is 10.0 Å². The van der Waals surface area contributed by atoms with Crippen molar-refractivity contribution in [1.82, 2.24) is 4.72 Å². The Bertz CT molecular complexity index is 601. The smallest absolute Gasteiger partial charge is 0.339 e. The molecule has 1 atom stereocenters. The molecular weight excluding hydrogens is 296 g/mol. The number of aliphatic hydroxyl groups is 1. The van der Waals surface area contributed by atoms with Crippen molar-refractivity contribution in [2.75, 3.05) is 19.5 Å². The van der Waals surface area contributed by atoms with Crippen LogP contribution in [-0.2, 0) is 14.8 Å². The van der Waals surface area contributed by atoms with E-state index in [2.05, 4.69) is 9.46 Å². The van der Waals surface area contributed by atoms with E-state index >= 15 is 0 Å². The molecule has 0 heterocycles. The lowest BCUT2D eigenvalue weighted by atomic mass is 10.2. The number of nitrogens with one attached hydrogen (secondary N) is 1. The van der Waals surface area contributed by atoms with Gasteiger partial charge in [-0.15, -0.1) is 0 Å². The van der Waals surface area contributed by atoms with Crippen molar-refractivity contribution < 1.29 is 23.1 Å². The third-order valence-electron chi connectivity index (χ3n) is 2.85. The molecule has 0 spiro atoms. The topological polar surface area (TPSA) is 119 Å². The Morgan fingerprint density at radius 3 is 2.71 bits per heavy atom. The maximum absolute atomic E-state index is 12.3. The van der Waals surface area contributed by atoms with Crippen LogP contribution in [0, 0.1) is 0 Å². The summed E-state index contributed by atoms with van der Waals surface area (Å²) in [5, 5.41) is 8.76. The van der Waals surface area contributed by atoms with Crippen LogP contribution in [0.1, 0.15) is 30.1 Å². The van der Waals surface area contributed by atoms with E-state index in [-0.39, 0.29) is 28.8 Å². The molecule has 0 saturated carbocycles. The van der Waals surface area contributed by atoms with E-state index in [1.807, 2.05) is 0 Å². The summed E-state index contributed by atoms with van der Waals surface area (Å²) >= 11 is 0. The van der Waals surface area contributed by atoms with Crippen molar-refractivity contribution in [3.05, 3.63) is 23.8 Å². The number of rotatable bonds is 7.